The van der Waals surface area contributed by atoms with Crippen LogP contribution in [0.3, 0.4) is 0 Å². The number of benzene rings is 1. The molecule has 1 fully saturated rings. The molecule has 1 aromatic carbocycles. The zero-order valence-corrected chi connectivity index (χ0v) is 12.1. The Morgan fingerprint density at radius 1 is 1.25 bits per heavy atom. The lowest BCUT2D eigenvalue weighted by atomic mass is 9.79. The Balaban J connectivity index is 1.66. The van der Waals surface area contributed by atoms with Crippen molar-refractivity contribution in [2.75, 3.05) is 5.32 Å². The van der Waals surface area contributed by atoms with E-state index in [1.807, 2.05) is 18.2 Å². The average molecular weight is 274 g/mol. The van der Waals surface area contributed by atoms with Gasteiger partial charge in [-0.05, 0) is 55.7 Å². The van der Waals surface area contributed by atoms with Crippen LogP contribution in [0, 0.1) is 11.8 Å². The number of oxazole rings is 1. The quantitative estimate of drug-likeness (QED) is 0.896. The molecule has 1 heterocycles. The molecule has 0 spiro atoms. The van der Waals surface area contributed by atoms with Crippen LogP contribution in [0.5, 0.6) is 0 Å². The molecule has 3 rings (SSSR count). The third-order valence-corrected chi connectivity index (χ3v) is 4.50. The van der Waals surface area contributed by atoms with E-state index in [1.165, 1.54) is 25.7 Å². The predicted molar refractivity (Wildman–Crippen MR) is 81.0 cm³/mol. The van der Waals surface area contributed by atoms with Gasteiger partial charge in [0.25, 0.3) is 0 Å². The molecule has 2 aromatic rings. The maximum Gasteiger partial charge on any atom is 0.417 e. The minimum absolute atomic E-state index is 0.394. The molecule has 0 bridgehead atoms. The third-order valence-electron chi connectivity index (χ3n) is 4.50. The second kappa shape index (κ2) is 5.35. The summed E-state index contributed by atoms with van der Waals surface area (Å²) in [6, 6.07) is 6.32. The normalized spacial score (nSPS) is 23.4. The van der Waals surface area contributed by atoms with Crippen molar-refractivity contribution in [2.45, 2.75) is 45.6 Å². The van der Waals surface area contributed by atoms with E-state index in [4.69, 9.17) is 4.42 Å². The molecule has 0 amide bonds. The van der Waals surface area contributed by atoms with Gasteiger partial charge in [0, 0.05) is 11.7 Å². The van der Waals surface area contributed by atoms with Gasteiger partial charge in [-0.25, -0.2) is 4.79 Å². The lowest BCUT2D eigenvalue weighted by Gasteiger charge is -2.31. The van der Waals surface area contributed by atoms with Crippen LogP contribution >= 0.6 is 0 Å². The van der Waals surface area contributed by atoms with Crippen LogP contribution in [0.25, 0.3) is 11.1 Å². The van der Waals surface area contributed by atoms with Crippen molar-refractivity contribution >= 4 is 16.8 Å². The fourth-order valence-electron chi connectivity index (χ4n) is 3.21. The van der Waals surface area contributed by atoms with Gasteiger partial charge in [0.1, 0.15) is 0 Å². The van der Waals surface area contributed by atoms with Gasteiger partial charge >= 0.3 is 5.76 Å². The van der Waals surface area contributed by atoms with Gasteiger partial charge in [-0.1, -0.05) is 13.8 Å². The van der Waals surface area contributed by atoms with Crippen LogP contribution in [0.4, 0.5) is 5.69 Å². The molecular weight excluding hydrogens is 252 g/mol. The van der Waals surface area contributed by atoms with Crippen LogP contribution in [0.15, 0.2) is 27.4 Å². The number of hydrogen-bond donors (Lipinski definition) is 2. The average Bonchev–Trinajstić information content (AvgIpc) is 2.78. The molecular formula is C16H22N2O2. The van der Waals surface area contributed by atoms with Crippen molar-refractivity contribution in [3.63, 3.8) is 0 Å². The van der Waals surface area contributed by atoms with E-state index >= 15 is 0 Å². The molecule has 0 saturated heterocycles. The Hall–Kier alpha value is -1.71. The van der Waals surface area contributed by atoms with Crippen molar-refractivity contribution in [3.05, 3.63) is 28.7 Å². The Morgan fingerprint density at radius 3 is 2.70 bits per heavy atom. The molecule has 108 valence electrons. The topological polar surface area (TPSA) is 58.0 Å². The molecule has 1 aliphatic rings. The smallest absolute Gasteiger partial charge is 0.408 e. The molecule has 1 saturated carbocycles. The van der Waals surface area contributed by atoms with Crippen molar-refractivity contribution in [1.82, 2.24) is 4.98 Å². The monoisotopic (exact) mass is 274 g/mol. The van der Waals surface area contributed by atoms with Crippen molar-refractivity contribution in [2.24, 2.45) is 11.8 Å². The number of H-pyrrole nitrogens is 1. The summed E-state index contributed by atoms with van der Waals surface area (Å²) in [5, 5.41) is 3.58. The fourth-order valence-corrected chi connectivity index (χ4v) is 3.21. The lowest BCUT2D eigenvalue weighted by molar-refractivity contribution is 0.267. The largest absolute Gasteiger partial charge is 0.417 e. The highest BCUT2D eigenvalue weighted by Crippen LogP contribution is 2.31. The van der Waals surface area contributed by atoms with Gasteiger partial charge in [0.2, 0.25) is 0 Å². The van der Waals surface area contributed by atoms with Gasteiger partial charge in [-0.15, -0.1) is 0 Å². The summed E-state index contributed by atoms with van der Waals surface area (Å²) in [6.45, 7) is 4.64. The number of aromatic amines is 1. The third kappa shape index (κ3) is 2.74. The molecule has 4 heteroatoms. The van der Waals surface area contributed by atoms with Crippen LogP contribution in [0.2, 0.25) is 0 Å². The highest BCUT2D eigenvalue weighted by Gasteiger charge is 2.23. The number of nitrogens with one attached hydrogen (secondary N) is 2. The highest BCUT2D eigenvalue weighted by atomic mass is 16.4. The molecule has 2 N–H and O–H groups in total. The van der Waals surface area contributed by atoms with Gasteiger partial charge in [0.05, 0.1) is 5.52 Å². The maximum atomic E-state index is 11.1. The Labute approximate surface area is 118 Å². The molecule has 0 aliphatic heterocycles. The van der Waals surface area contributed by atoms with Gasteiger partial charge in [-0.2, -0.15) is 0 Å². The molecule has 0 radical (unpaired) electrons. The molecule has 20 heavy (non-hydrogen) atoms. The van der Waals surface area contributed by atoms with Crippen molar-refractivity contribution < 1.29 is 4.42 Å². The summed E-state index contributed by atoms with van der Waals surface area (Å²) in [4.78, 5) is 13.8. The van der Waals surface area contributed by atoms with Crippen LogP contribution in [-0.4, -0.2) is 11.0 Å². The number of hydrogen-bond acceptors (Lipinski definition) is 3. The molecule has 4 nitrogen and oxygen atoms in total. The van der Waals surface area contributed by atoms with E-state index in [2.05, 4.69) is 24.1 Å². The zero-order chi connectivity index (χ0) is 14.1. The minimum atomic E-state index is -0.394. The lowest BCUT2D eigenvalue weighted by Crippen LogP contribution is -2.27. The first-order chi connectivity index (χ1) is 9.61. The summed E-state index contributed by atoms with van der Waals surface area (Å²) < 4.78 is 5.01. The summed E-state index contributed by atoms with van der Waals surface area (Å²) in [7, 11) is 0. The van der Waals surface area contributed by atoms with Crippen LogP contribution < -0.4 is 11.1 Å². The summed E-state index contributed by atoms with van der Waals surface area (Å²) >= 11 is 0. The number of anilines is 1. The summed E-state index contributed by atoms with van der Waals surface area (Å²) in [5.41, 5.74) is 2.43. The predicted octanol–water partition coefficient (Wildman–Crippen LogP) is 3.75. The van der Waals surface area contributed by atoms with E-state index in [0.717, 1.165) is 23.0 Å². The Bertz CT molecular complexity index is 633. The second-order valence-electron chi connectivity index (χ2n) is 6.23. The zero-order valence-electron chi connectivity index (χ0n) is 12.1. The highest BCUT2D eigenvalue weighted by molar-refractivity contribution is 5.76. The molecule has 1 aromatic heterocycles. The standard InChI is InChI=1S/C16H22N2O2/c1-10(2)11-3-5-12(6-4-11)17-13-7-8-15-14(9-13)18-16(19)20-15/h7-12,17H,3-6H2,1-2H3,(H,18,19). The van der Waals surface area contributed by atoms with Crippen molar-refractivity contribution in [3.8, 4) is 0 Å². The summed E-state index contributed by atoms with van der Waals surface area (Å²) in [5.74, 6) is 1.28. The van der Waals surface area contributed by atoms with E-state index in [9.17, 15) is 4.79 Å². The maximum absolute atomic E-state index is 11.1. The van der Waals surface area contributed by atoms with Gasteiger partial charge < -0.3 is 9.73 Å². The van der Waals surface area contributed by atoms with E-state index in [1.54, 1.807) is 0 Å². The van der Waals surface area contributed by atoms with E-state index in [0.29, 0.717) is 11.6 Å². The summed E-state index contributed by atoms with van der Waals surface area (Å²) in [6.07, 6.45) is 5.06. The molecule has 0 unspecified atom stereocenters. The van der Waals surface area contributed by atoms with E-state index in [-0.39, 0.29) is 0 Å². The molecule has 0 atom stereocenters. The second-order valence-corrected chi connectivity index (χ2v) is 6.23. The van der Waals surface area contributed by atoms with Gasteiger partial charge in [-0.3, -0.25) is 4.98 Å². The molecule has 1 aliphatic carbocycles. The van der Waals surface area contributed by atoms with Crippen molar-refractivity contribution in [1.29, 1.82) is 0 Å². The number of aromatic nitrogens is 1. The minimum Gasteiger partial charge on any atom is -0.408 e. The first-order valence-corrected chi connectivity index (χ1v) is 7.51. The SMILES string of the molecule is CC(C)C1CCC(Nc2ccc3oc(=O)[nH]c3c2)CC1. The Kier molecular flexibility index (Phi) is 3.55. The fraction of sp³-hybridized carbons (Fsp3) is 0.562. The first-order valence-electron chi connectivity index (χ1n) is 7.51. The first kappa shape index (κ1) is 13.3. The van der Waals surface area contributed by atoms with E-state index < -0.39 is 5.76 Å². The number of fused-ring (bicyclic) bond motifs is 1. The van der Waals surface area contributed by atoms with Crippen LogP contribution in [0.1, 0.15) is 39.5 Å². The van der Waals surface area contributed by atoms with Crippen LogP contribution in [-0.2, 0) is 0 Å². The van der Waals surface area contributed by atoms with Gasteiger partial charge in [0.15, 0.2) is 5.58 Å². The Morgan fingerprint density at radius 2 is 2.00 bits per heavy atom. The number of rotatable bonds is 3.